The Morgan fingerprint density at radius 2 is 1.70 bits per heavy atom. The normalized spacial score (nSPS) is 16.2. The van der Waals surface area contributed by atoms with Gasteiger partial charge in [-0.1, -0.05) is 12.1 Å². The second-order valence-corrected chi connectivity index (χ2v) is 8.36. The van der Waals surface area contributed by atoms with Gasteiger partial charge in [-0.05, 0) is 65.9 Å². The molecule has 1 aromatic heterocycles. The summed E-state index contributed by atoms with van der Waals surface area (Å²) in [5.74, 6) is -0.0149. The van der Waals surface area contributed by atoms with Gasteiger partial charge in [-0.2, -0.15) is 0 Å². The molecule has 2 fully saturated rings. The Labute approximate surface area is 168 Å². The molecule has 2 aliphatic carbocycles. The van der Waals surface area contributed by atoms with Crippen LogP contribution in [0.5, 0.6) is 0 Å². The second kappa shape index (κ2) is 7.50. The predicted molar refractivity (Wildman–Crippen MR) is 107 cm³/mol. The average Bonchev–Trinajstić information content (AvgIpc) is 3.57. The second-order valence-electron chi connectivity index (χ2n) is 7.51. The summed E-state index contributed by atoms with van der Waals surface area (Å²) in [5, 5.41) is 0. The number of benzene rings is 1. The van der Waals surface area contributed by atoms with Crippen molar-refractivity contribution >= 4 is 27.7 Å². The summed E-state index contributed by atoms with van der Waals surface area (Å²) >= 11 is 3.47. The van der Waals surface area contributed by atoms with Crippen LogP contribution in [0.4, 0.5) is 0 Å². The Morgan fingerprint density at radius 3 is 2.30 bits per heavy atom. The van der Waals surface area contributed by atoms with Crippen molar-refractivity contribution in [3.8, 4) is 0 Å². The highest BCUT2D eigenvalue weighted by Gasteiger charge is 2.38. The fourth-order valence-corrected chi connectivity index (χ4v) is 3.88. The smallest absolute Gasteiger partial charge is 0.255 e. The largest absolute Gasteiger partial charge is 0.353 e. The van der Waals surface area contributed by atoms with Crippen molar-refractivity contribution in [3.05, 3.63) is 58.3 Å². The van der Waals surface area contributed by atoms with Gasteiger partial charge in [0.25, 0.3) is 5.91 Å². The first-order chi connectivity index (χ1) is 13.0. The number of amides is 2. The number of carbonyl (C=O) groups is 2. The maximum Gasteiger partial charge on any atom is 0.255 e. The summed E-state index contributed by atoms with van der Waals surface area (Å²) in [7, 11) is 2.00. The zero-order chi connectivity index (χ0) is 19.0. The maximum atomic E-state index is 13.1. The number of nitrogens with zero attached hydrogens (tertiary/aromatic N) is 3. The van der Waals surface area contributed by atoms with Crippen molar-refractivity contribution in [2.45, 2.75) is 44.3 Å². The van der Waals surface area contributed by atoms with Crippen molar-refractivity contribution in [3.63, 3.8) is 0 Å². The van der Waals surface area contributed by atoms with E-state index in [0.717, 1.165) is 35.8 Å². The van der Waals surface area contributed by atoms with E-state index in [1.807, 2.05) is 59.1 Å². The first-order valence-corrected chi connectivity index (χ1v) is 10.3. The minimum absolute atomic E-state index is 0.0472. The molecular formula is C21H24BrN3O2. The average molecular weight is 430 g/mol. The Kier molecular flexibility index (Phi) is 5.08. The summed E-state index contributed by atoms with van der Waals surface area (Å²) in [5.41, 5.74) is 1.74. The highest BCUT2D eigenvalue weighted by Crippen LogP contribution is 2.32. The zero-order valence-electron chi connectivity index (χ0n) is 15.5. The zero-order valence-corrected chi connectivity index (χ0v) is 17.1. The van der Waals surface area contributed by atoms with Crippen molar-refractivity contribution in [1.82, 2.24) is 14.4 Å². The molecule has 4 rings (SSSR count). The fraction of sp³-hybridized carbons (Fsp3) is 0.429. The molecule has 0 saturated heterocycles. The van der Waals surface area contributed by atoms with E-state index in [4.69, 9.17) is 0 Å². The van der Waals surface area contributed by atoms with E-state index < -0.39 is 0 Å². The summed E-state index contributed by atoms with van der Waals surface area (Å²) in [4.78, 5) is 29.9. The molecular weight excluding hydrogens is 406 g/mol. The van der Waals surface area contributed by atoms with Crippen LogP contribution in [0.2, 0.25) is 0 Å². The van der Waals surface area contributed by atoms with Gasteiger partial charge in [-0.3, -0.25) is 9.59 Å². The molecule has 27 heavy (non-hydrogen) atoms. The maximum absolute atomic E-state index is 13.1. The van der Waals surface area contributed by atoms with Crippen molar-refractivity contribution in [2.75, 3.05) is 6.54 Å². The quantitative estimate of drug-likeness (QED) is 0.674. The summed E-state index contributed by atoms with van der Waals surface area (Å²) < 4.78 is 2.82. The molecule has 0 atom stereocenters. The molecule has 2 aromatic rings. The van der Waals surface area contributed by atoms with E-state index in [9.17, 15) is 9.59 Å². The van der Waals surface area contributed by atoms with Crippen LogP contribution in [-0.2, 0) is 18.4 Å². The van der Waals surface area contributed by atoms with E-state index in [-0.39, 0.29) is 24.4 Å². The highest BCUT2D eigenvalue weighted by molar-refractivity contribution is 9.10. The molecule has 6 heteroatoms. The van der Waals surface area contributed by atoms with Gasteiger partial charge in [0, 0.05) is 35.5 Å². The molecule has 1 heterocycles. The molecule has 0 N–H and O–H groups in total. The number of halogens is 1. The van der Waals surface area contributed by atoms with Gasteiger partial charge >= 0.3 is 0 Å². The molecule has 142 valence electrons. The van der Waals surface area contributed by atoms with Crippen molar-refractivity contribution < 1.29 is 9.59 Å². The number of hydrogen-bond acceptors (Lipinski definition) is 2. The molecule has 0 radical (unpaired) electrons. The van der Waals surface area contributed by atoms with Crippen LogP contribution < -0.4 is 0 Å². The topological polar surface area (TPSA) is 45.6 Å². The SMILES string of the molecule is Cn1cccc1CN(C(=O)CN(C(=O)c1ccccc1Br)C1CC1)C1CC1. The molecule has 5 nitrogen and oxygen atoms in total. The lowest BCUT2D eigenvalue weighted by Gasteiger charge is -2.28. The van der Waals surface area contributed by atoms with Crippen LogP contribution in [0.15, 0.2) is 47.1 Å². The third-order valence-corrected chi connectivity index (χ3v) is 6.04. The van der Waals surface area contributed by atoms with Gasteiger partial charge in [-0.25, -0.2) is 0 Å². The van der Waals surface area contributed by atoms with Gasteiger partial charge in [0.15, 0.2) is 0 Å². The van der Waals surface area contributed by atoms with Crippen LogP contribution in [0.3, 0.4) is 0 Å². The van der Waals surface area contributed by atoms with Gasteiger partial charge in [0.05, 0.1) is 12.1 Å². The molecule has 1 aromatic carbocycles. The molecule has 0 spiro atoms. The Balaban J connectivity index is 1.50. The summed E-state index contributed by atoms with van der Waals surface area (Å²) in [6.07, 6.45) is 6.06. The number of carbonyl (C=O) groups excluding carboxylic acids is 2. The van der Waals surface area contributed by atoms with Crippen LogP contribution in [0.25, 0.3) is 0 Å². The van der Waals surface area contributed by atoms with E-state index >= 15 is 0 Å². The lowest BCUT2D eigenvalue weighted by Crippen LogP contribution is -2.44. The highest BCUT2D eigenvalue weighted by atomic mass is 79.9. The third-order valence-electron chi connectivity index (χ3n) is 5.35. The Bertz CT molecular complexity index is 855. The first kappa shape index (κ1) is 18.3. The predicted octanol–water partition coefficient (Wildman–Crippen LogP) is 3.58. The number of aryl methyl sites for hydroxylation is 1. The van der Waals surface area contributed by atoms with Crippen molar-refractivity contribution in [1.29, 1.82) is 0 Å². The van der Waals surface area contributed by atoms with Crippen LogP contribution in [-0.4, -0.2) is 44.8 Å². The number of aromatic nitrogens is 1. The molecule has 0 unspecified atom stereocenters. The summed E-state index contributed by atoms with van der Waals surface area (Å²) in [6, 6.07) is 12.0. The van der Waals surface area contributed by atoms with Crippen LogP contribution >= 0.6 is 15.9 Å². The first-order valence-electron chi connectivity index (χ1n) is 9.50. The minimum atomic E-state index is -0.0621. The molecule has 0 bridgehead atoms. The van der Waals surface area contributed by atoms with Gasteiger partial charge in [-0.15, -0.1) is 0 Å². The fourth-order valence-electron chi connectivity index (χ4n) is 3.42. The molecule has 0 aliphatic heterocycles. The van der Waals surface area contributed by atoms with Crippen molar-refractivity contribution in [2.24, 2.45) is 7.05 Å². The minimum Gasteiger partial charge on any atom is -0.353 e. The Morgan fingerprint density at radius 1 is 1.04 bits per heavy atom. The molecule has 2 amide bonds. The monoisotopic (exact) mass is 429 g/mol. The third kappa shape index (κ3) is 4.10. The van der Waals surface area contributed by atoms with Crippen LogP contribution in [0.1, 0.15) is 41.7 Å². The standard InChI is InChI=1S/C21H24BrN3O2/c1-23-12-4-5-17(23)13-24(15-8-9-15)20(26)14-25(16-10-11-16)21(27)18-6-2-3-7-19(18)22/h2-7,12,15-16H,8-11,13-14H2,1H3. The lowest BCUT2D eigenvalue weighted by atomic mass is 10.2. The van der Waals surface area contributed by atoms with Gasteiger partial charge < -0.3 is 14.4 Å². The van der Waals surface area contributed by atoms with Gasteiger partial charge in [0.2, 0.25) is 5.91 Å². The molecule has 2 saturated carbocycles. The van der Waals surface area contributed by atoms with Gasteiger partial charge in [0.1, 0.15) is 6.54 Å². The summed E-state index contributed by atoms with van der Waals surface area (Å²) in [6.45, 7) is 0.764. The number of rotatable bonds is 7. The van der Waals surface area contributed by atoms with E-state index in [1.54, 1.807) is 4.90 Å². The van der Waals surface area contributed by atoms with Crippen LogP contribution in [0, 0.1) is 0 Å². The van der Waals surface area contributed by atoms with E-state index in [2.05, 4.69) is 15.9 Å². The number of hydrogen-bond donors (Lipinski definition) is 0. The Hall–Kier alpha value is -2.08. The van der Waals surface area contributed by atoms with E-state index in [1.165, 1.54) is 0 Å². The van der Waals surface area contributed by atoms with E-state index in [0.29, 0.717) is 18.2 Å². The lowest BCUT2D eigenvalue weighted by molar-refractivity contribution is -0.133. The molecule has 2 aliphatic rings.